The van der Waals surface area contributed by atoms with Crippen molar-refractivity contribution in [3.63, 3.8) is 0 Å². The molecule has 0 unspecified atom stereocenters. The summed E-state index contributed by atoms with van der Waals surface area (Å²) in [4.78, 5) is 22.8. The van der Waals surface area contributed by atoms with E-state index in [0.29, 0.717) is 11.2 Å². The van der Waals surface area contributed by atoms with Crippen LogP contribution in [-0.4, -0.2) is 32.7 Å². The molecule has 4 N–H and O–H groups in total. The molecule has 0 aromatic carbocycles. The molecule has 1 amide bonds. The molecule has 0 spiro atoms. The summed E-state index contributed by atoms with van der Waals surface area (Å²) in [5, 5.41) is 0. The topological polar surface area (TPSA) is 120 Å². The van der Waals surface area contributed by atoms with Crippen LogP contribution in [0, 0.1) is 14.5 Å². The van der Waals surface area contributed by atoms with Crippen molar-refractivity contribution in [1.82, 2.24) is 24.9 Å². The number of nitrogens with two attached hydrogens (primary N) is 1. The number of aromatic nitrogens is 4. The summed E-state index contributed by atoms with van der Waals surface area (Å²) in [7, 11) is 4.91. The van der Waals surface area contributed by atoms with Crippen molar-refractivity contribution in [3.8, 4) is 0 Å². The summed E-state index contributed by atoms with van der Waals surface area (Å²) >= 11 is 0. The molecule has 0 fully saturated rings. The van der Waals surface area contributed by atoms with Gasteiger partial charge in [-0.15, -0.1) is 7.05 Å². The number of anilines is 2. The van der Waals surface area contributed by atoms with Crippen molar-refractivity contribution >= 4 is 29.0 Å². The van der Waals surface area contributed by atoms with E-state index >= 15 is 0 Å². The quantitative estimate of drug-likeness (QED) is 0.527. The number of carbonyl (C=O) groups is 1. The van der Waals surface area contributed by atoms with Gasteiger partial charge in [0.2, 0.25) is 5.95 Å². The third kappa shape index (κ3) is 3.68. The molecule has 0 aliphatic heterocycles. The molecule has 19 heavy (non-hydrogen) atoms. The number of hydrogen-bond donors (Lipinski definition) is 3. The van der Waals surface area contributed by atoms with Crippen LogP contribution in [0.15, 0.2) is 6.33 Å². The molecule has 101 valence electrons. The van der Waals surface area contributed by atoms with Gasteiger partial charge in [0.25, 0.3) is 0 Å². The van der Waals surface area contributed by atoms with E-state index in [1.165, 1.54) is 18.0 Å². The molecule has 2 rings (SSSR count). The number of ether oxygens (including phenoxy) is 1. The molecule has 2 heterocycles. The van der Waals surface area contributed by atoms with E-state index in [0.717, 1.165) is 0 Å². The first-order valence-corrected chi connectivity index (χ1v) is 4.53. The van der Waals surface area contributed by atoms with Crippen LogP contribution in [0.2, 0.25) is 0 Å². The molecule has 9 nitrogen and oxygen atoms in total. The minimum absolute atomic E-state index is 0. The van der Waals surface area contributed by atoms with E-state index in [-0.39, 0.29) is 51.9 Å². The molecular formula is C9H13N7O2Y-2. The third-order valence-corrected chi connectivity index (χ3v) is 1.95. The largest absolute Gasteiger partial charge is 0.456 e. The Hall–Kier alpha value is -1.61. The van der Waals surface area contributed by atoms with Crippen molar-refractivity contribution in [2.75, 3.05) is 18.3 Å². The van der Waals surface area contributed by atoms with Crippen LogP contribution in [0.4, 0.5) is 16.6 Å². The van der Waals surface area contributed by atoms with Crippen molar-refractivity contribution in [3.05, 3.63) is 20.8 Å². The average Bonchev–Trinajstić information content (AvgIpc) is 2.68. The standard InChI is InChI=1S/C8H10N7O2.CH3.Y/c1-15-3-10-4-5(13-14-8(16)17-2)11-7(9)12-6(4)15;;/h3H,1H2,2H3,(H,14,16)(H3,9,11,12,13);1H3;/q2*-1;. The van der Waals surface area contributed by atoms with Crippen molar-refractivity contribution < 1.29 is 42.2 Å². The fourth-order valence-electron chi connectivity index (χ4n) is 1.21. The van der Waals surface area contributed by atoms with Crippen LogP contribution in [0.3, 0.4) is 0 Å². The first-order valence-electron chi connectivity index (χ1n) is 4.53. The molecule has 0 saturated heterocycles. The minimum atomic E-state index is -0.663. The third-order valence-electron chi connectivity index (χ3n) is 1.95. The molecule has 0 atom stereocenters. The molecule has 2 aromatic rings. The van der Waals surface area contributed by atoms with Gasteiger partial charge >= 0.3 is 6.09 Å². The molecule has 0 aliphatic carbocycles. The zero-order valence-corrected chi connectivity index (χ0v) is 13.4. The van der Waals surface area contributed by atoms with Crippen LogP contribution < -0.4 is 16.6 Å². The summed E-state index contributed by atoms with van der Waals surface area (Å²) in [6.07, 6.45) is 0.798. The van der Waals surface area contributed by atoms with Gasteiger partial charge in [0.15, 0.2) is 5.82 Å². The maximum Gasteiger partial charge on any atom is 0.425 e. The molecule has 0 aliphatic rings. The second-order valence-electron chi connectivity index (χ2n) is 3.06. The summed E-state index contributed by atoms with van der Waals surface area (Å²) in [5.41, 5.74) is 11.2. The number of hydrogen-bond acceptors (Lipinski definition) is 7. The molecule has 0 saturated carbocycles. The van der Waals surface area contributed by atoms with Crippen molar-refractivity contribution in [2.24, 2.45) is 0 Å². The predicted molar refractivity (Wildman–Crippen MR) is 66.1 cm³/mol. The van der Waals surface area contributed by atoms with Gasteiger partial charge in [-0.25, -0.2) is 10.2 Å². The van der Waals surface area contributed by atoms with Gasteiger partial charge in [-0.2, -0.15) is 4.98 Å². The van der Waals surface area contributed by atoms with Gasteiger partial charge in [0, 0.05) is 32.7 Å². The van der Waals surface area contributed by atoms with Crippen LogP contribution >= 0.6 is 0 Å². The Balaban J connectivity index is 0.00000162. The van der Waals surface area contributed by atoms with E-state index in [2.05, 4.69) is 37.6 Å². The van der Waals surface area contributed by atoms with Gasteiger partial charge in [0.1, 0.15) is 0 Å². The number of amides is 1. The number of nitrogens with one attached hydrogen (secondary N) is 2. The molecule has 10 heteroatoms. The molecular weight excluding hydrogens is 327 g/mol. The maximum absolute atomic E-state index is 10.9. The summed E-state index contributed by atoms with van der Waals surface area (Å²) in [6.45, 7) is 0. The van der Waals surface area contributed by atoms with Gasteiger partial charge in [-0.05, 0) is 6.33 Å². The first-order chi connectivity index (χ1) is 8.11. The number of methoxy groups -OCH3 is 1. The normalized spacial score (nSPS) is 9.11. The molecule has 1 radical (unpaired) electrons. The summed E-state index contributed by atoms with van der Waals surface area (Å²) < 4.78 is 5.84. The summed E-state index contributed by atoms with van der Waals surface area (Å²) in [6, 6.07) is 0. The Morgan fingerprint density at radius 2 is 2.21 bits per heavy atom. The van der Waals surface area contributed by atoms with Gasteiger partial charge in [0.05, 0.1) is 18.3 Å². The van der Waals surface area contributed by atoms with Crippen molar-refractivity contribution in [1.29, 1.82) is 0 Å². The van der Waals surface area contributed by atoms with Crippen LogP contribution in [0.1, 0.15) is 0 Å². The summed E-state index contributed by atoms with van der Waals surface area (Å²) in [5.74, 6) is 0.303. The van der Waals surface area contributed by atoms with E-state index < -0.39 is 6.09 Å². The maximum atomic E-state index is 10.9. The van der Waals surface area contributed by atoms with Crippen molar-refractivity contribution in [2.45, 2.75) is 0 Å². The fourth-order valence-corrected chi connectivity index (χ4v) is 1.21. The number of imidazole rings is 1. The Morgan fingerprint density at radius 1 is 1.53 bits per heavy atom. The Labute approximate surface area is 135 Å². The Kier molecular flexibility index (Phi) is 6.50. The van der Waals surface area contributed by atoms with E-state index in [4.69, 9.17) is 5.73 Å². The van der Waals surface area contributed by atoms with Crippen LogP contribution in [0.25, 0.3) is 11.2 Å². The smallest absolute Gasteiger partial charge is 0.425 e. The first kappa shape index (κ1) is 17.4. The van der Waals surface area contributed by atoms with Crippen LogP contribution in [0.5, 0.6) is 0 Å². The molecule has 2 aromatic heterocycles. The van der Waals surface area contributed by atoms with E-state index in [1.54, 1.807) is 0 Å². The van der Waals surface area contributed by atoms with E-state index in [9.17, 15) is 4.79 Å². The number of nitrogens with zero attached hydrogens (tertiary/aromatic N) is 4. The fraction of sp³-hybridized carbons (Fsp3) is 0.111. The number of rotatable bonds is 2. The second kappa shape index (κ2) is 7.10. The Bertz CT molecular complexity index is 571. The van der Waals surface area contributed by atoms with Gasteiger partial charge in [-0.3, -0.25) is 10.4 Å². The molecule has 0 bridgehead atoms. The SMILES string of the molecule is [CH2-]n1cnc2c(NNC(=O)OC)nc(N)nc21.[CH3-].[Y]. The van der Waals surface area contributed by atoms with E-state index in [1.807, 2.05) is 0 Å². The Morgan fingerprint density at radius 3 is 2.84 bits per heavy atom. The number of nitrogen functional groups attached to an aromatic ring is 1. The van der Waals surface area contributed by atoms with Gasteiger partial charge < -0.3 is 27.4 Å². The zero-order valence-electron chi connectivity index (χ0n) is 10.5. The van der Waals surface area contributed by atoms with Crippen LogP contribution in [-0.2, 0) is 37.4 Å². The number of carbonyl (C=O) groups excluding carboxylic acids is 1. The van der Waals surface area contributed by atoms with Gasteiger partial charge in [-0.1, -0.05) is 0 Å². The minimum Gasteiger partial charge on any atom is -0.456 e. The average molecular weight is 340 g/mol. The monoisotopic (exact) mass is 340 g/mol. The second-order valence-corrected chi connectivity index (χ2v) is 3.06. The predicted octanol–water partition coefficient (Wildman–Crippen LogP) is 0.179. The number of fused-ring (bicyclic) bond motifs is 1. The zero-order chi connectivity index (χ0) is 12.4. The number of hydrazine groups is 1.